The van der Waals surface area contributed by atoms with E-state index in [4.69, 9.17) is 9.47 Å². The number of amides is 2. The van der Waals surface area contributed by atoms with Gasteiger partial charge in [-0.15, -0.1) is 0 Å². The minimum atomic E-state index is -0.960. The molecule has 1 atom stereocenters. The number of nitrogens with zero attached hydrogens (tertiary/aromatic N) is 3. The van der Waals surface area contributed by atoms with Gasteiger partial charge < -0.3 is 19.7 Å². The molecule has 2 aromatic rings. The molecular weight excluding hydrogens is 497 g/mol. The van der Waals surface area contributed by atoms with Crippen LogP contribution in [0.1, 0.15) is 66.8 Å². The molecule has 1 saturated heterocycles. The van der Waals surface area contributed by atoms with Gasteiger partial charge in [-0.05, 0) is 78.9 Å². The number of ether oxygens (including phenoxy) is 2. The van der Waals surface area contributed by atoms with Crippen LogP contribution in [0.25, 0.3) is 10.9 Å². The zero-order chi connectivity index (χ0) is 28.0. The minimum Gasteiger partial charge on any atom is -0.444 e. The summed E-state index contributed by atoms with van der Waals surface area (Å²) in [5.41, 5.74) is -0.171. The normalized spacial score (nSPS) is 18.0. The van der Waals surface area contributed by atoms with Gasteiger partial charge in [0.2, 0.25) is 0 Å². The van der Waals surface area contributed by atoms with Crippen LogP contribution in [0.3, 0.4) is 0 Å². The van der Waals surface area contributed by atoms with E-state index in [9.17, 15) is 19.2 Å². The van der Waals surface area contributed by atoms with E-state index in [0.29, 0.717) is 29.8 Å². The Bertz CT molecular complexity index is 1370. The fraction of sp³-hybridized carbons (Fsp3) is 0.615. The molecule has 1 aliphatic carbocycles. The van der Waals surface area contributed by atoms with Gasteiger partial charge in [0.05, 0.1) is 16.6 Å². The lowest BCUT2D eigenvalue weighted by molar-refractivity contribution is 0.0519. The van der Waals surface area contributed by atoms with Crippen molar-refractivity contribution in [3.63, 3.8) is 0 Å². The van der Waals surface area contributed by atoms with Gasteiger partial charge in [0.15, 0.2) is 0 Å². The van der Waals surface area contributed by atoms with Crippen LogP contribution in [0, 0.1) is 11.7 Å². The molecule has 2 heterocycles. The standard InChI is InChI=1S/C26H36FN5O6/c1-25(2,3)37-22(34)28-13-15-9-10-30(14-15)20-12-19-17(11-18(20)27)21(33)32(24(36)31(19)16-7-8-16)29-23(35)38-26(4,5)6/h11-12,15-16H,7-10,13-14H2,1-6H3,(H,28,34)(H,29,35). The molecule has 0 spiro atoms. The molecular formula is C26H36FN5O6. The van der Waals surface area contributed by atoms with Crippen LogP contribution in [0.4, 0.5) is 19.7 Å². The van der Waals surface area contributed by atoms with E-state index in [-0.39, 0.29) is 23.0 Å². The number of carbonyl (C=O) groups excluding carboxylic acids is 2. The first kappa shape index (κ1) is 27.5. The summed E-state index contributed by atoms with van der Waals surface area (Å²) in [5, 5.41) is 2.75. The number of hydrogen-bond acceptors (Lipinski definition) is 7. The second kappa shape index (κ2) is 9.95. The first-order valence-corrected chi connectivity index (χ1v) is 12.9. The van der Waals surface area contributed by atoms with E-state index < -0.39 is 40.5 Å². The lowest BCUT2D eigenvalue weighted by Gasteiger charge is -2.23. The summed E-state index contributed by atoms with van der Waals surface area (Å²) >= 11 is 0. The average Bonchev–Trinajstić information content (AvgIpc) is 3.49. The number of halogens is 1. The van der Waals surface area contributed by atoms with Gasteiger partial charge in [0.1, 0.15) is 17.0 Å². The minimum absolute atomic E-state index is 0.0175. The van der Waals surface area contributed by atoms with E-state index in [1.165, 1.54) is 10.6 Å². The van der Waals surface area contributed by atoms with Gasteiger partial charge in [0.25, 0.3) is 5.56 Å². The number of fused-ring (bicyclic) bond motifs is 1. The van der Waals surface area contributed by atoms with Gasteiger partial charge in [-0.3, -0.25) is 9.36 Å². The quantitative estimate of drug-likeness (QED) is 0.603. The van der Waals surface area contributed by atoms with Crippen LogP contribution >= 0.6 is 0 Å². The first-order chi connectivity index (χ1) is 17.6. The Morgan fingerprint density at radius 1 is 1.00 bits per heavy atom. The van der Waals surface area contributed by atoms with Crippen molar-refractivity contribution in [2.75, 3.05) is 30.0 Å². The molecule has 208 valence electrons. The molecule has 2 N–H and O–H groups in total. The molecule has 2 amide bonds. The summed E-state index contributed by atoms with van der Waals surface area (Å²) in [6.45, 7) is 11.8. The fourth-order valence-corrected chi connectivity index (χ4v) is 4.52. The first-order valence-electron chi connectivity index (χ1n) is 12.9. The van der Waals surface area contributed by atoms with E-state index in [1.807, 2.05) is 4.90 Å². The fourth-order valence-electron chi connectivity index (χ4n) is 4.52. The zero-order valence-corrected chi connectivity index (χ0v) is 22.7. The highest BCUT2D eigenvalue weighted by Gasteiger charge is 2.32. The van der Waals surface area contributed by atoms with Crippen molar-refractivity contribution in [1.29, 1.82) is 0 Å². The topological polar surface area (TPSA) is 124 Å². The third kappa shape index (κ3) is 6.28. The third-order valence-corrected chi connectivity index (χ3v) is 6.23. The highest BCUT2D eigenvalue weighted by Crippen LogP contribution is 2.37. The smallest absolute Gasteiger partial charge is 0.427 e. The van der Waals surface area contributed by atoms with E-state index >= 15 is 4.39 Å². The van der Waals surface area contributed by atoms with Gasteiger partial charge in [0, 0.05) is 25.7 Å². The van der Waals surface area contributed by atoms with Crippen molar-refractivity contribution >= 4 is 28.8 Å². The van der Waals surface area contributed by atoms with Crippen LogP contribution in [0.15, 0.2) is 21.7 Å². The van der Waals surface area contributed by atoms with Gasteiger partial charge in [-0.1, -0.05) is 0 Å². The predicted octanol–water partition coefficient (Wildman–Crippen LogP) is 3.47. The molecule has 12 heteroatoms. The summed E-state index contributed by atoms with van der Waals surface area (Å²) in [6.07, 6.45) is 0.726. The Balaban J connectivity index is 1.61. The number of nitrogens with one attached hydrogen (secondary N) is 2. The van der Waals surface area contributed by atoms with Crippen LogP contribution in [-0.2, 0) is 9.47 Å². The number of anilines is 1. The van der Waals surface area contributed by atoms with Crippen LogP contribution in [-0.4, -0.2) is 52.3 Å². The van der Waals surface area contributed by atoms with Crippen molar-refractivity contribution in [2.45, 2.75) is 78.0 Å². The summed E-state index contributed by atoms with van der Waals surface area (Å²) in [4.78, 5) is 52.6. The van der Waals surface area contributed by atoms with Crippen molar-refractivity contribution in [2.24, 2.45) is 5.92 Å². The number of aromatic nitrogens is 2. The summed E-state index contributed by atoms with van der Waals surface area (Å²) in [6, 6.07) is 2.50. The van der Waals surface area contributed by atoms with Crippen LogP contribution < -0.4 is 26.9 Å². The maximum absolute atomic E-state index is 15.4. The molecule has 2 fully saturated rings. The maximum Gasteiger partial charge on any atom is 0.427 e. The number of rotatable bonds is 5. The Kier molecular flexibility index (Phi) is 7.19. The van der Waals surface area contributed by atoms with Crippen LogP contribution in [0.2, 0.25) is 0 Å². The molecule has 1 unspecified atom stereocenters. The monoisotopic (exact) mass is 533 g/mol. The lowest BCUT2D eigenvalue weighted by atomic mass is 10.1. The largest absolute Gasteiger partial charge is 0.444 e. The highest BCUT2D eigenvalue weighted by atomic mass is 19.1. The molecule has 0 radical (unpaired) electrons. The predicted molar refractivity (Wildman–Crippen MR) is 141 cm³/mol. The van der Waals surface area contributed by atoms with Crippen molar-refractivity contribution in [3.8, 4) is 0 Å². The number of hydrogen-bond donors (Lipinski definition) is 2. The van der Waals surface area contributed by atoms with Gasteiger partial charge >= 0.3 is 17.9 Å². The van der Waals surface area contributed by atoms with Crippen LogP contribution in [0.5, 0.6) is 0 Å². The van der Waals surface area contributed by atoms with Crippen molar-refractivity contribution in [3.05, 3.63) is 38.8 Å². The second-order valence-corrected chi connectivity index (χ2v) is 11.9. The molecule has 1 aromatic heterocycles. The number of alkyl carbamates (subject to hydrolysis) is 1. The third-order valence-electron chi connectivity index (χ3n) is 6.23. The molecule has 0 bridgehead atoms. The number of benzene rings is 1. The lowest BCUT2D eigenvalue weighted by Crippen LogP contribution is -2.47. The van der Waals surface area contributed by atoms with Crippen molar-refractivity contribution < 1.29 is 23.5 Å². The molecule has 1 aliphatic heterocycles. The van der Waals surface area contributed by atoms with Gasteiger partial charge in [-0.2, -0.15) is 4.68 Å². The van der Waals surface area contributed by atoms with E-state index in [0.717, 1.165) is 25.3 Å². The maximum atomic E-state index is 15.4. The average molecular weight is 534 g/mol. The molecule has 38 heavy (non-hydrogen) atoms. The zero-order valence-electron chi connectivity index (χ0n) is 22.7. The van der Waals surface area contributed by atoms with E-state index in [2.05, 4.69) is 10.7 Å². The molecule has 1 aromatic carbocycles. The summed E-state index contributed by atoms with van der Waals surface area (Å²) < 4.78 is 27.9. The molecule has 2 aliphatic rings. The summed E-state index contributed by atoms with van der Waals surface area (Å²) in [5.74, 6) is -0.533. The highest BCUT2D eigenvalue weighted by molar-refractivity contribution is 5.84. The Hall–Kier alpha value is -3.57. The Morgan fingerprint density at radius 3 is 2.24 bits per heavy atom. The van der Waals surface area contributed by atoms with Crippen molar-refractivity contribution in [1.82, 2.24) is 14.6 Å². The second-order valence-electron chi connectivity index (χ2n) is 11.9. The molecule has 1 saturated carbocycles. The Morgan fingerprint density at radius 2 is 1.63 bits per heavy atom. The SMILES string of the molecule is CC(C)(C)OC(=O)NCC1CCN(c2cc3c(cc2F)c(=O)n(NC(=O)OC(C)(C)C)c(=O)n3C2CC2)C1. The Labute approximate surface area is 219 Å². The van der Waals surface area contributed by atoms with Gasteiger partial charge in [-0.25, -0.2) is 24.2 Å². The number of carbonyl (C=O) groups is 2. The van der Waals surface area contributed by atoms with E-state index in [1.54, 1.807) is 41.5 Å². The summed E-state index contributed by atoms with van der Waals surface area (Å²) in [7, 11) is 0. The molecule has 11 nitrogen and oxygen atoms in total. The molecule has 4 rings (SSSR count).